The molecule has 1 aliphatic carbocycles. The van der Waals surface area contributed by atoms with Crippen molar-refractivity contribution in [3.63, 3.8) is 0 Å². The third kappa shape index (κ3) is 3.32. The number of aryl methyl sites for hydroxylation is 1. The van der Waals surface area contributed by atoms with Crippen molar-refractivity contribution < 1.29 is 0 Å². The van der Waals surface area contributed by atoms with Crippen LogP contribution in [-0.2, 0) is 6.42 Å². The fraction of sp³-hybridized carbons (Fsp3) is 0.533. The van der Waals surface area contributed by atoms with Gasteiger partial charge in [0.15, 0.2) is 0 Å². The molecule has 17 heavy (non-hydrogen) atoms. The molecule has 1 aromatic heterocycles. The maximum atomic E-state index is 5.79. The number of allylic oxidation sites excluding steroid dienone is 1. The van der Waals surface area contributed by atoms with E-state index in [2.05, 4.69) is 24.1 Å². The van der Waals surface area contributed by atoms with Crippen LogP contribution in [0.4, 0.5) is 5.69 Å². The molecule has 1 saturated carbocycles. The number of nitrogens with two attached hydrogens (primary N) is 1. The first-order valence-electron chi connectivity index (χ1n) is 6.72. The number of hydrogen-bond acceptors (Lipinski definition) is 2. The molecule has 0 aromatic carbocycles. The molecule has 2 nitrogen and oxygen atoms in total. The summed E-state index contributed by atoms with van der Waals surface area (Å²) < 4.78 is 0. The highest BCUT2D eigenvalue weighted by Gasteiger charge is 2.10. The Morgan fingerprint density at radius 1 is 1.35 bits per heavy atom. The Kier molecular flexibility index (Phi) is 4.18. The molecule has 1 heterocycles. The molecule has 0 saturated heterocycles. The number of nitrogens with zero attached hydrogens (tertiary/aromatic N) is 1. The van der Waals surface area contributed by atoms with Gasteiger partial charge in [-0.15, -0.1) is 0 Å². The molecule has 1 fully saturated rings. The molecule has 2 N–H and O–H groups in total. The Morgan fingerprint density at radius 2 is 2.12 bits per heavy atom. The molecule has 0 atom stereocenters. The summed E-state index contributed by atoms with van der Waals surface area (Å²) in [5.74, 6) is 0.759. The lowest BCUT2D eigenvalue weighted by atomic mass is 9.88. The fourth-order valence-corrected chi connectivity index (χ4v) is 2.53. The van der Waals surface area contributed by atoms with Gasteiger partial charge in [-0.2, -0.15) is 0 Å². The van der Waals surface area contributed by atoms with Crippen LogP contribution in [0.15, 0.2) is 18.3 Å². The molecule has 0 spiro atoms. The van der Waals surface area contributed by atoms with E-state index in [4.69, 9.17) is 5.73 Å². The third-order valence-corrected chi connectivity index (χ3v) is 3.56. The van der Waals surface area contributed by atoms with Crippen LogP contribution in [0.5, 0.6) is 0 Å². The highest BCUT2D eigenvalue weighted by molar-refractivity contribution is 5.57. The predicted molar refractivity (Wildman–Crippen MR) is 73.6 cm³/mol. The summed E-state index contributed by atoms with van der Waals surface area (Å²) in [7, 11) is 0. The van der Waals surface area contributed by atoms with Crippen molar-refractivity contribution in [1.82, 2.24) is 4.98 Å². The van der Waals surface area contributed by atoms with Gasteiger partial charge in [0.2, 0.25) is 0 Å². The Hall–Kier alpha value is -1.31. The van der Waals surface area contributed by atoms with Crippen molar-refractivity contribution >= 4 is 11.8 Å². The summed E-state index contributed by atoms with van der Waals surface area (Å²) in [6.45, 7) is 2.14. The minimum Gasteiger partial charge on any atom is -0.397 e. The van der Waals surface area contributed by atoms with Crippen LogP contribution in [0.3, 0.4) is 0 Å². The lowest BCUT2D eigenvalue weighted by molar-refractivity contribution is 0.420. The standard InChI is InChI=1S/C15H22N2/c1-2-15-13(10-14(16)11-17-15)9-8-12-6-4-3-5-7-12/h8-12H,2-7,16H2,1H3/b9-8+. The Balaban J connectivity index is 2.10. The smallest absolute Gasteiger partial charge is 0.0506 e. The maximum absolute atomic E-state index is 5.79. The summed E-state index contributed by atoms with van der Waals surface area (Å²) in [5, 5.41) is 0. The average Bonchev–Trinajstić information content (AvgIpc) is 2.38. The van der Waals surface area contributed by atoms with Crippen LogP contribution >= 0.6 is 0 Å². The molecule has 0 unspecified atom stereocenters. The van der Waals surface area contributed by atoms with Gasteiger partial charge < -0.3 is 5.73 Å². The summed E-state index contributed by atoms with van der Waals surface area (Å²) in [6, 6.07) is 2.03. The van der Waals surface area contributed by atoms with Crippen LogP contribution in [0.2, 0.25) is 0 Å². The van der Waals surface area contributed by atoms with Gasteiger partial charge in [-0.05, 0) is 36.8 Å². The second-order valence-electron chi connectivity index (χ2n) is 4.92. The lowest BCUT2D eigenvalue weighted by Gasteiger charge is -2.17. The first-order chi connectivity index (χ1) is 8.29. The van der Waals surface area contributed by atoms with E-state index < -0.39 is 0 Å². The molecular formula is C15H22N2. The first kappa shape index (κ1) is 12.2. The zero-order valence-electron chi connectivity index (χ0n) is 10.7. The second kappa shape index (κ2) is 5.85. The van der Waals surface area contributed by atoms with Crippen molar-refractivity contribution in [3.8, 4) is 0 Å². The Labute approximate surface area is 104 Å². The Bertz CT molecular complexity index is 390. The van der Waals surface area contributed by atoms with E-state index in [0.717, 1.165) is 23.7 Å². The average molecular weight is 230 g/mol. The summed E-state index contributed by atoms with van der Waals surface area (Å²) >= 11 is 0. The van der Waals surface area contributed by atoms with Crippen LogP contribution in [0.1, 0.15) is 50.3 Å². The minimum atomic E-state index is 0.755. The van der Waals surface area contributed by atoms with E-state index in [0.29, 0.717) is 0 Å². The molecule has 0 bridgehead atoms. The molecule has 0 aliphatic heterocycles. The van der Waals surface area contributed by atoms with Gasteiger partial charge in [-0.1, -0.05) is 38.3 Å². The van der Waals surface area contributed by atoms with Crippen molar-refractivity contribution in [2.24, 2.45) is 5.92 Å². The molecule has 2 rings (SSSR count). The fourth-order valence-electron chi connectivity index (χ4n) is 2.53. The van der Waals surface area contributed by atoms with Gasteiger partial charge in [0.05, 0.1) is 11.9 Å². The van der Waals surface area contributed by atoms with Crippen molar-refractivity contribution in [3.05, 3.63) is 29.6 Å². The number of rotatable bonds is 3. The monoisotopic (exact) mass is 230 g/mol. The van der Waals surface area contributed by atoms with Gasteiger partial charge in [-0.3, -0.25) is 4.98 Å². The highest BCUT2D eigenvalue weighted by Crippen LogP contribution is 2.25. The summed E-state index contributed by atoms with van der Waals surface area (Å²) in [5.41, 5.74) is 8.89. The first-order valence-corrected chi connectivity index (χ1v) is 6.72. The van der Waals surface area contributed by atoms with Crippen LogP contribution in [0, 0.1) is 5.92 Å². The molecule has 1 aliphatic rings. The third-order valence-electron chi connectivity index (χ3n) is 3.56. The number of anilines is 1. The van der Waals surface area contributed by atoms with E-state index in [-0.39, 0.29) is 0 Å². The van der Waals surface area contributed by atoms with Gasteiger partial charge in [0.25, 0.3) is 0 Å². The highest BCUT2D eigenvalue weighted by atomic mass is 14.7. The zero-order valence-corrected chi connectivity index (χ0v) is 10.7. The number of hydrogen-bond donors (Lipinski definition) is 1. The van der Waals surface area contributed by atoms with E-state index in [9.17, 15) is 0 Å². The van der Waals surface area contributed by atoms with Gasteiger partial charge in [0, 0.05) is 5.69 Å². The van der Waals surface area contributed by atoms with Crippen LogP contribution in [-0.4, -0.2) is 4.98 Å². The van der Waals surface area contributed by atoms with Crippen molar-refractivity contribution in [2.75, 3.05) is 5.73 Å². The van der Waals surface area contributed by atoms with Crippen molar-refractivity contribution in [2.45, 2.75) is 45.4 Å². The molecule has 1 aromatic rings. The lowest BCUT2D eigenvalue weighted by Crippen LogP contribution is -2.02. The SMILES string of the molecule is CCc1ncc(N)cc1/C=C/C1CCCCC1. The molecule has 0 radical (unpaired) electrons. The molecule has 2 heteroatoms. The van der Waals surface area contributed by atoms with Crippen LogP contribution in [0.25, 0.3) is 6.08 Å². The van der Waals surface area contributed by atoms with Crippen molar-refractivity contribution in [1.29, 1.82) is 0 Å². The van der Waals surface area contributed by atoms with E-state index in [1.54, 1.807) is 6.20 Å². The van der Waals surface area contributed by atoms with Gasteiger partial charge in [0.1, 0.15) is 0 Å². The topological polar surface area (TPSA) is 38.9 Å². The van der Waals surface area contributed by atoms with Gasteiger partial charge in [-0.25, -0.2) is 0 Å². The number of nitrogen functional groups attached to an aromatic ring is 1. The summed E-state index contributed by atoms with van der Waals surface area (Å²) in [4.78, 5) is 4.38. The maximum Gasteiger partial charge on any atom is 0.0506 e. The largest absolute Gasteiger partial charge is 0.397 e. The molecular weight excluding hydrogens is 208 g/mol. The van der Waals surface area contributed by atoms with Crippen LogP contribution < -0.4 is 5.73 Å². The van der Waals surface area contributed by atoms with E-state index >= 15 is 0 Å². The normalized spacial score (nSPS) is 17.7. The predicted octanol–water partition coefficient (Wildman–Crippen LogP) is 3.82. The molecule has 0 amide bonds. The Morgan fingerprint density at radius 3 is 2.82 bits per heavy atom. The van der Waals surface area contributed by atoms with E-state index in [1.807, 2.05) is 6.07 Å². The van der Waals surface area contributed by atoms with Gasteiger partial charge >= 0.3 is 0 Å². The minimum absolute atomic E-state index is 0.755. The summed E-state index contributed by atoms with van der Waals surface area (Å²) in [6.07, 6.45) is 14.1. The quantitative estimate of drug-likeness (QED) is 0.857. The second-order valence-corrected chi connectivity index (χ2v) is 4.92. The molecule has 92 valence electrons. The zero-order chi connectivity index (χ0) is 12.1. The number of aromatic nitrogens is 1. The van der Waals surface area contributed by atoms with E-state index in [1.165, 1.54) is 37.7 Å². The number of pyridine rings is 1.